The summed E-state index contributed by atoms with van der Waals surface area (Å²) < 4.78 is 0. The molecule has 122 valence electrons. The first-order valence-electron chi connectivity index (χ1n) is 7.23. The van der Waals surface area contributed by atoms with E-state index in [9.17, 15) is 0 Å². The van der Waals surface area contributed by atoms with Crippen LogP contribution in [0.5, 0.6) is 0 Å². The van der Waals surface area contributed by atoms with E-state index in [1.54, 1.807) is 18.4 Å². The third-order valence-electron chi connectivity index (χ3n) is 2.91. The van der Waals surface area contributed by atoms with Crippen LogP contribution in [-0.2, 0) is 6.54 Å². The summed E-state index contributed by atoms with van der Waals surface area (Å²) in [6.07, 6.45) is 5.04. The maximum absolute atomic E-state index is 4.54. The second-order valence-corrected chi connectivity index (χ2v) is 5.77. The summed E-state index contributed by atoms with van der Waals surface area (Å²) in [7, 11) is 5.81. The molecule has 1 heterocycles. The zero-order valence-electron chi connectivity index (χ0n) is 13.5. The molecule has 2 N–H and O–H groups in total. The Bertz CT molecular complexity index is 406. The van der Waals surface area contributed by atoms with Gasteiger partial charge in [-0.25, -0.2) is 4.98 Å². The number of nitrogens with one attached hydrogen (secondary N) is 2. The quantitative estimate of drug-likeness (QED) is 0.291. The number of rotatable bonds is 8. The number of nitrogens with zero attached hydrogens (tertiary/aromatic N) is 3. The van der Waals surface area contributed by atoms with Crippen LogP contribution in [0.25, 0.3) is 0 Å². The number of thiazole rings is 1. The number of guanidine groups is 1. The Labute approximate surface area is 149 Å². The lowest BCUT2D eigenvalue weighted by molar-refractivity contribution is 0.646. The van der Waals surface area contributed by atoms with Gasteiger partial charge in [0.15, 0.2) is 11.1 Å². The Morgan fingerprint density at radius 3 is 2.62 bits per heavy atom. The Hall–Kier alpha value is -0.570. The Kier molecular flexibility index (Phi) is 11.7. The average Bonchev–Trinajstić information content (AvgIpc) is 2.91. The number of unbranched alkanes of at least 4 members (excludes halogenated alkanes) is 3. The van der Waals surface area contributed by atoms with Gasteiger partial charge in [-0.2, -0.15) is 0 Å². The van der Waals surface area contributed by atoms with Crippen molar-refractivity contribution in [3.05, 3.63) is 11.1 Å². The van der Waals surface area contributed by atoms with Gasteiger partial charge >= 0.3 is 0 Å². The van der Waals surface area contributed by atoms with Crippen molar-refractivity contribution < 1.29 is 0 Å². The van der Waals surface area contributed by atoms with Crippen LogP contribution in [0.3, 0.4) is 0 Å². The van der Waals surface area contributed by atoms with Gasteiger partial charge in [0.1, 0.15) is 0 Å². The van der Waals surface area contributed by atoms with Crippen molar-refractivity contribution in [3.8, 4) is 0 Å². The van der Waals surface area contributed by atoms with Gasteiger partial charge in [-0.05, 0) is 6.42 Å². The molecule has 0 atom stereocenters. The molecule has 0 amide bonds. The van der Waals surface area contributed by atoms with E-state index in [1.165, 1.54) is 25.7 Å². The molecule has 0 aliphatic rings. The van der Waals surface area contributed by atoms with Crippen LogP contribution in [0, 0.1) is 0 Å². The first-order valence-corrected chi connectivity index (χ1v) is 8.11. The molecule has 0 aliphatic carbocycles. The first-order chi connectivity index (χ1) is 9.67. The molecule has 1 aromatic rings. The maximum Gasteiger partial charge on any atom is 0.191 e. The summed E-state index contributed by atoms with van der Waals surface area (Å²) in [6, 6.07) is 0. The van der Waals surface area contributed by atoms with Gasteiger partial charge in [-0.15, -0.1) is 35.3 Å². The van der Waals surface area contributed by atoms with E-state index < -0.39 is 0 Å². The molecule has 0 saturated carbocycles. The van der Waals surface area contributed by atoms with Gasteiger partial charge in [0, 0.05) is 33.1 Å². The topological polar surface area (TPSA) is 52.6 Å². The molecule has 0 unspecified atom stereocenters. The van der Waals surface area contributed by atoms with Gasteiger partial charge in [0.2, 0.25) is 0 Å². The highest BCUT2D eigenvalue weighted by Gasteiger charge is 2.04. The highest BCUT2D eigenvalue weighted by atomic mass is 127. The minimum Gasteiger partial charge on any atom is -0.356 e. The fraction of sp³-hybridized carbons (Fsp3) is 0.714. The number of halogens is 1. The largest absolute Gasteiger partial charge is 0.356 e. The Balaban J connectivity index is 0.00000400. The summed E-state index contributed by atoms with van der Waals surface area (Å²) in [5, 5.41) is 9.74. The third-order valence-corrected chi connectivity index (χ3v) is 3.96. The minimum absolute atomic E-state index is 0. The second kappa shape index (κ2) is 12.0. The number of aromatic nitrogens is 1. The van der Waals surface area contributed by atoms with Crippen molar-refractivity contribution in [3.63, 3.8) is 0 Å². The predicted molar refractivity (Wildman–Crippen MR) is 104 cm³/mol. The Morgan fingerprint density at radius 2 is 2.05 bits per heavy atom. The average molecular weight is 425 g/mol. The summed E-state index contributed by atoms with van der Waals surface area (Å²) >= 11 is 1.66. The van der Waals surface area contributed by atoms with Crippen molar-refractivity contribution in [2.24, 2.45) is 4.99 Å². The predicted octanol–water partition coefficient (Wildman–Crippen LogP) is 3.07. The number of hydrogen-bond acceptors (Lipinski definition) is 4. The standard InChI is InChI=1S/C14H27N5S.HI/c1-5-6-7-8-9-16-13(15-2)17-10-12-11-20-14(18-12)19(3)4;/h11H,5-10H2,1-4H3,(H2,15,16,17);1H. The molecule has 21 heavy (non-hydrogen) atoms. The van der Waals surface area contributed by atoms with Gasteiger partial charge < -0.3 is 15.5 Å². The second-order valence-electron chi connectivity index (χ2n) is 4.93. The van der Waals surface area contributed by atoms with E-state index in [1.807, 2.05) is 19.0 Å². The smallest absolute Gasteiger partial charge is 0.191 e. The van der Waals surface area contributed by atoms with E-state index in [-0.39, 0.29) is 24.0 Å². The molecule has 0 bridgehead atoms. The molecular weight excluding hydrogens is 397 g/mol. The van der Waals surface area contributed by atoms with E-state index in [0.717, 1.165) is 23.3 Å². The highest BCUT2D eigenvalue weighted by molar-refractivity contribution is 14.0. The molecule has 1 aromatic heterocycles. The van der Waals surface area contributed by atoms with Gasteiger partial charge in [-0.1, -0.05) is 26.2 Å². The lowest BCUT2D eigenvalue weighted by atomic mass is 10.2. The Morgan fingerprint density at radius 1 is 1.29 bits per heavy atom. The molecule has 0 spiro atoms. The summed E-state index contributed by atoms with van der Waals surface area (Å²) in [4.78, 5) is 10.8. The van der Waals surface area contributed by atoms with E-state index in [4.69, 9.17) is 0 Å². The normalized spacial score (nSPS) is 11.0. The molecule has 0 fully saturated rings. The van der Waals surface area contributed by atoms with Crippen molar-refractivity contribution in [2.75, 3.05) is 32.6 Å². The molecule has 0 radical (unpaired) electrons. The fourth-order valence-electron chi connectivity index (χ4n) is 1.74. The summed E-state index contributed by atoms with van der Waals surface area (Å²) in [5.74, 6) is 0.848. The van der Waals surface area contributed by atoms with E-state index >= 15 is 0 Å². The van der Waals surface area contributed by atoms with Crippen LogP contribution in [0.4, 0.5) is 5.13 Å². The van der Waals surface area contributed by atoms with Crippen LogP contribution in [0.1, 0.15) is 38.3 Å². The van der Waals surface area contributed by atoms with Crippen LogP contribution < -0.4 is 15.5 Å². The van der Waals surface area contributed by atoms with Crippen LogP contribution in [0.2, 0.25) is 0 Å². The molecule has 0 aromatic carbocycles. The maximum atomic E-state index is 4.54. The molecule has 0 saturated heterocycles. The lowest BCUT2D eigenvalue weighted by Crippen LogP contribution is -2.37. The molecule has 7 heteroatoms. The zero-order chi connectivity index (χ0) is 14.8. The van der Waals surface area contributed by atoms with Crippen LogP contribution in [-0.4, -0.2) is 38.6 Å². The van der Waals surface area contributed by atoms with E-state index in [2.05, 4.69) is 32.9 Å². The van der Waals surface area contributed by atoms with Crippen LogP contribution in [0.15, 0.2) is 10.4 Å². The summed E-state index contributed by atoms with van der Waals surface area (Å²) in [5.41, 5.74) is 1.05. The molecule has 0 aliphatic heterocycles. The third kappa shape index (κ3) is 8.45. The number of aliphatic imine (C=N–C) groups is 1. The number of hydrogen-bond donors (Lipinski definition) is 2. The first kappa shape index (κ1) is 20.4. The highest BCUT2D eigenvalue weighted by Crippen LogP contribution is 2.17. The summed E-state index contributed by atoms with van der Waals surface area (Å²) in [6.45, 7) is 3.91. The van der Waals surface area contributed by atoms with Gasteiger partial charge in [0.05, 0.1) is 12.2 Å². The fourth-order valence-corrected chi connectivity index (χ4v) is 2.49. The van der Waals surface area contributed by atoms with Crippen LogP contribution >= 0.6 is 35.3 Å². The van der Waals surface area contributed by atoms with Crippen molar-refractivity contribution >= 4 is 46.4 Å². The van der Waals surface area contributed by atoms with Gasteiger partial charge in [0.25, 0.3) is 0 Å². The monoisotopic (exact) mass is 425 g/mol. The van der Waals surface area contributed by atoms with Crippen molar-refractivity contribution in [2.45, 2.75) is 39.2 Å². The molecule has 1 rings (SSSR count). The molecule has 5 nitrogen and oxygen atoms in total. The minimum atomic E-state index is 0. The lowest BCUT2D eigenvalue weighted by Gasteiger charge is -2.11. The van der Waals surface area contributed by atoms with Crippen molar-refractivity contribution in [1.82, 2.24) is 15.6 Å². The number of anilines is 1. The zero-order valence-corrected chi connectivity index (χ0v) is 16.6. The van der Waals surface area contributed by atoms with E-state index in [0.29, 0.717) is 6.54 Å². The van der Waals surface area contributed by atoms with Crippen molar-refractivity contribution in [1.29, 1.82) is 0 Å². The van der Waals surface area contributed by atoms with Gasteiger partial charge in [-0.3, -0.25) is 4.99 Å². The SMILES string of the molecule is CCCCCCNC(=NC)NCc1csc(N(C)C)n1.I. The molecular formula is C14H28IN5S.